The van der Waals surface area contributed by atoms with Crippen molar-refractivity contribution >= 4 is 18.2 Å². The average molecular weight is 539 g/mol. The number of amides is 2. The molecule has 9 nitrogen and oxygen atoms in total. The molecule has 0 spiro atoms. The Bertz CT molecular complexity index is 940. The van der Waals surface area contributed by atoms with E-state index in [9.17, 15) is 18.8 Å². The molecule has 1 N–H and O–H groups in total. The van der Waals surface area contributed by atoms with Gasteiger partial charge in [-0.05, 0) is 77.8 Å². The third-order valence-corrected chi connectivity index (χ3v) is 6.32. The van der Waals surface area contributed by atoms with E-state index in [4.69, 9.17) is 18.9 Å². The fourth-order valence-corrected chi connectivity index (χ4v) is 4.34. The highest BCUT2D eigenvalue weighted by molar-refractivity contribution is 5.82. The van der Waals surface area contributed by atoms with Crippen molar-refractivity contribution in [1.29, 1.82) is 0 Å². The van der Waals surface area contributed by atoms with Gasteiger partial charge in [-0.25, -0.2) is 18.8 Å². The number of carbonyl (C=O) groups excluding carboxylic acids is 3. The van der Waals surface area contributed by atoms with Gasteiger partial charge in [0.15, 0.2) is 0 Å². The summed E-state index contributed by atoms with van der Waals surface area (Å²) in [5, 5.41) is 2.49. The van der Waals surface area contributed by atoms with E-state index in [1.54, 1.807) is 44.7 Å². The Morgan fingerprint density at radius 3 is 2.34 bits per heavy atom. The molecule has 10 heteroatoms. The number of hydrogen-bond acceptors (Lipinski definition) is 7. The van der Waals surface area contributed by atoms with Gasteiger partial charge in [0.05, 0.1) is 19.8 Å². The lowest BCUT2D eigenvalue weighted by Crippen LogP contribution is -2.46. The summed E-state index contributed by atoms with van der Waals surface area (Å²) in [6.07, 6.45) is 2.46. The highest BCUT2D eigenvalue weighted by Gasteiger charge is 2.32. The molecule has 1 aromatic rings. The number of halogens is 1. The highest BCUT2D eigenvalue weighted by atomic mass is 19.1. The van der Waals surface area contributed by atoms with E-state index in [-0.39, 0.29) is 17.8 Å². The maximum absolute atomic E-state index is 15.0. The van der Waals surface area contributed by atoms with E-state index in [2.05, 4.69) is 5.32 Å². The summed E-state index contributed by atoms with van der Waals surface area (Å²) in [6.45, 7) is 12.3. The lowest BCUT2D eigenvalue weighted by atomic mass is 9.92. The van der Waals surface area contributed by atoms with Crippen LogP contribution in [0.2, 0.25) is 0 Å². The van der Waals surface area contributed by atoms with Crippen LogP contribution >= 0.6 is 0 Å². The SMILES string of the molecule is COC(=O)C(NC(=O)OC(C)(C)C)C(C)c1ccc(OCCCC2CCN(C(=O)OC(C)C)CC2)cc1F. The first-order valence-corrected chi connectivity index (χ1v) is 13.3. The van der Waals surface area contributed by atoms with Crippen molar-refractivity contribution in [3.63, 3.8) is 0 Å². The summed E-state index contributed by atoms with van der Waals surface area (Å²) in [6, 6.07) is 3.35. The first-order chi connectivity index (χ1) is 17.8. The Morgan fingerprint density at radius 1 is 1.13 bits per heavy atom. The number of hydrogen-bond donors (Lipinski definition) is 1. The van der Waals surface area contributed by atoms with Gasteiger partial charge >= 0.3 is 18.2 Å². The number of likely N-dealkylation sites (tertiary alicyclic amines) is 1. The van der Waals surface area contributed by atoms with Gasteiger partial charge in [0.1, 0.15) is 23.2 Å². The summed E-state index contributed by atoms with van der Waals surface area (Å²) in [7, 11) is 1.20. The van der Waals surface area contributed by atoms with Crippen LogP contribution in [0.15, 0.2) is 18.2 Å². The summed E-state index contributed by atoms with van der Waals surface area (Å²) < 4.78 is 36.1. The van der Waals surface area contributed by atoms with Crippen LogP contribution < -0.4 is 10.1 Å². The topological polar surface area (TPSA) is 103 Å². The van der Waals surface area contributed by atoms with Crippen LogP contribution in [-0.2, 0) is 19.0 Å². The fourth-order valence-electron chi connectivity index (χ4n) is 4.34. The standard InChI is InChI=1S/C28H43FN2O7/c1-18(2)37-27(34)31-14-12-20(13-15-31)9-8-16-36-21-10-11-22(23(29)17-21)19(3)24(25(32)35-7)30-26(33)38-28(4,5)6/h10-11,17-20,24H,8-9,12-16H2,1-7H3,(H,30,33). The van der Waals surface area contributed by atoms with Crippen molar-refractivity contribution in [2.45, 2.75) is 90.9 Å². The van der Waals surface area contributed by atoms with Gasteiger partial charge in [0.2, 0.25) is 0 Å². The number of methoxy groups -OCH3 is 1. The summed E-state index contributed by atoms with van der Waals surface area (Å²) in [4.78, 5) is 38.3. The molecule has 2 amide bonds. The fraction of sp³-hybridized carbons (Fsp3) is 0.679. The normalized spacial score (nSPS) is 16.0. The van der Waals surface area contributed by atoms with Crippen LogP contribution in [0.25, 0.3) is 0 Å². The molecule has 2 unspecified atom stereocenters. The molecule has 2 rings (SSSR count). The minimum atomic E-state index is -1.13. The Labute approximate surface area is 225 Å². The summed E-state index contributed by atoms with van der Waals surface area (Å²) >= 11 is 0. The van der Waals surface area contributed by atoms with Crippen molar-refractivity contribution in [2.75, 3.05) is 26.8 Å². The number of rotatable bonds is 10. The zero-order chi connectivity index (χ0) is 28.5. The molecular weight excluding hydrogens is 495 g/mol. The Balaban J connectivity index is 1.86. The first kappa shape index (κ1) is 31.2. The Morgan fingerprint density at radius 2 is 1.79 bits per heavy atom. The molecule has 1 aromatic carbocycles. The van der Waals surface area contributed by atoms with E-state index in [0.717, 1.165) is 25.7 Å². The van der Waals surface area contributed by atoms with Gasteiger partial charge in [-0.1, -0.05) is 13.0 Å². The van der Waals surface area contributed by atoms with Crippen LogP contribution in [0.3, 0.4) is 0 Å². The zero-order valence-electron chi connectivity index (χ0n) is 23.7. The van der Waals surface area contributed by atoms with Crippen molar-refractivity contribution < 1.29 is 37.7 Å². The zero-order valence-corrected chi connectivity index (χ0v) is 23.7. The molecule has 214 valence electrons. The molecule has 2 atom stereocenters. The van der Waals surface area contributed by atoms with Gasteiger partial charge in [-0.2, -0.15) is 0 Å². The van der Waals surface area contributed by atoms with Crippen molar-refractivity contribution in [2.24, 2.45) is 5.92 Å². The van der Waals surface area contributed by atoms with Crippen LogP contribution in [0.4, 0.5) is 14.0 Å². The number of esters is 1. The molecule has 1 saturated heterocycles. The second-order valence-electron chi connectivity index (χ2n) is 11.0. The third kappa shape index (κ3) is 10.0. The van der Waals surface area contributed by atoms with Gasteiger partial charge < -0.3 is 29.2 Å². The molecule has 0 aromatic heterocycles. The molecule has 0 bridgehead atoms. The Hall–Kier alpha value is -3.04. The molecule has 1 heterocycles. The predicted molar refractivity (Wildman–Crippen MR) is 141 cm³/mol. The third-order valence-electron chi connectivity index (χ3n) is 6.32. The largest absolute Gasteiger partial charge is 0.493 e. The molecule has 0 aliphatic carbocycles. The minimum Gasteiger partial charge on any atom is -0.493 e. The highest BCUT2D eigenvalue weighted by Crippen LogP contribution is 2.27. The molecule has 0 radical (unpaired) electrons. The van der Waals surface area contributed by atoms with Crippen LogP contribution in [-0.4, -0.2) is 67.6 Å². The molecular formula is C28H43FN2O7. The molecule has 38 heavy (non-hydrogen) atoms. The van der Waals surface area contributed by atoms with E-state index in [1.807, 2.05) is 13.8 Å². The van der Waals surface area contributed by atoms with Crippen molar-refractivity contribution in [3.05, 3.63) is 29.6 Å². The molecule has 0 saturated carbocycles. The second kappa shape index (κ2) is 14.2. The number of nitrogens with one attached hydrogen (secondary N) is 1. The monoisotopic (exact) mass is 538 g/mol. The predicted octanol–water partition coefficient (Wildman–Crippen LogP) is 5.41. The number of nitrogens with zero attached hydrogens (tertiary/aromatic N) is 1. The maximum atomic E-state index is 15.0. The van der Waals surface area contributed by atoms with E-state index < -0.39 is 35.4 Å². The van der Waals surface area contributed by atoms with Crippen molar-refractivity contribution in [3.8, 4) is 5.75 Å². The summed E-state index contributed by atoms with van der Waals surface area (Å²) in [5.41, 5.74) is -0.511. The van der Waals surface area contributed by atoms with Gasteiger partial charge in [0, 0.05) is 25.1 Å². The van der Waals surface area contributed by atoms with Gasteiger partial charge in [-0.15, -0.1) is 0 Å². The van der Waals surface area contributed by atoms with Gasteiger partial charge in [-0.3, -0.25) is 0 Å². The molecule has 1 aliphatic heterocycles. The van der Waals surface area contributed by atoms with Crippen LogP contribution in [0.5, 0.6) is 5.75 Å². The summed E-state index contributed by atoms with van der Waals surface area (Å²) in [5.74, 6) is -1.07. The Kier molecular flexibility index (Phi) is 11.7. The van der Waals surface area contributed by atoms with E-state index in [1.165, 1.54) is 13.2 Å². The number of piperidine rings is 1. The van der Waals surface area contributed by atoms with Crippen LogP contribution in [0, 0.1) is 11.7 Å². The maximum Gasteiger partial charge on any atom is 0.410 e. The lowest BCUT2D eigenvalue weighted by Gasteiger charge is -2.31. The number of alkyl carbamates (subject to hydrolysis) is 1. The lowest BCUT2D eigenvalue weighted by molar-refractivity contribution is -0.143. The van der Waals surface area contributed by atoms with E-state index in [0.29, 0.717) is 31.4 Å². The van der Waals surface area contributed by atoms with Crippen molar-refractivity contribution in [1.82, 2.24) is 10.2 Å². The molecule has 1 fully saturated rings. The van der Waals surface area contributed by atoms with Crippen LogP contribution in [0.1, 0.15) is 78.7 Å². The van der Waals surface area contributed by atoms with E-state index >= 15 is 0 Å². The first-order valence-electron chi connectivity index (χ1n) is 13.3. The number of ether oxygens (including phenoxy) is 4. The molecule has 1 aliphatic rings. The quantitative estimate of drug-likeness (QED) is 0.241. The minimum absolute atomic E-state index is 0.123. The smallest absolute Gasteiger partial charge is 0.410 e. The number of carbonyl (C=O) groups is 3. The number of benzene rings is 1. The second-order valence-corrected chi connectivity index (χ2v) is 11.0. The average Bonchev–Trinajstić information content (AvgIpc) is 2.83. The van der Waals surface area contributed by atoms with Gasteiger partial charge in [0.25, 0.3) is 0 Å².